The fraction of sp³-hybridized carbons (Fsp3) is 0.267. The second-order valence-electron chi connectivity index (χ2n) is 5.04. The topological polar surface area (TPSA) is 41.3 Å². The van der Waals surface area contributed by atoms with Gasteiger partial charge in [-0.15, -0.1) is 0 Å². The molecule has 0 saturated heterocycles. The summed E-state index contributed by atoms with van der Waals surface area (Å²) in [6, 6.07) is 5.43. The normalized spacial score (nSPS) is 17.9. The van der Waals surface area contributed by atoms with Crippen LogP contribution in [0.5, 0.6) is 5.75 Å². The van der Waals surface area contributed by atoms with Gasteiger partial charge in [0.2, 0.25) is 0 Å². The predicted octanol–water partition coefficient (Wildman–Crippen LogP) is 2.05. The molecule has 1 N–H and O–H groups in total. The van der Waals surface area contributed by atoms with Gasteiger partial charge in [-0.1, -0.05) is 6.08 Å². The van der Waals surface area contributed by atoms with E-state index in [1.54, 1.807) is 12.1 Å². The lowest BCUT2D eigenvalue weighted by atomic mass is 10.2. The van der Waals surface area contributed by atoms with Crippen LogP contribution in [0, 0.1) is 0 Å². The Morgan fingerprint density at radius 3 is 2.84 bits per heavy atom. The number of benzene rings is 1. The Labute approximate surface area is 111 Å². The lowest BCUT2D eigenvalue weighted by Crippen LogP contribution is -2.26. The first-order chi connectivity index (χ1) is 9.31. The van der Waals surface area contributed by atoms with Crippen molar-refractivity contribution in [3.05, 3.63) is 47.9 Å². The average Bonchev–Trinajstić information content (AvgIpc) is 2.54. The number of fused-ring (bicyclic) bond motifs is 3. The van der Waals surface area contributed by atoms with E-state index in [9.17, 15) is 5.11 Å². The van der Waals surface area contributed by atoms with E-state index in [0.29, 0.717) is 0 Å². The summed E-state index contributed by atoms with van der Waals surface area (Å²) in [5.41, 5.74) is 3.34. The third-order valence-corrected chi connectivity index (χ3v) is 3.91. The zero-order valence-corrected chi connectivity index (χ0v) is 10.6. The summed E-state index contributed by atoms with van der Waals surface area (Å²) in [5, 5.41) is 9.53. The Hall–Kier alpha value is -2.23. The molecule has 1 aliphatic heterocycles. The number of aromatic nitrogens is 2. The Morgan fingerprint density at radius 1 is 1.16 bits per heavy atom. The highest BCUT2D eigenvalue weighted by Gasteiger charge is 2.19. The third kappa shape index (κ3) is 1.63. The summed E-state index contributed by atoms with van der Waals surface area (Å²) in [7, 11) is 0. The molecular weight excluding hydrogens is 238 g/mol. The quantitative estimate of drug-likeness (QED) is 0.845. The van der Waals surface area contributed by atoms with E-state index in [2.05, 4.69) is 32.7 Å². The number of imidazole rings is 1. The number of hydrogen-bond donors (Lipinski definition) is 1. The number of aromatic hydroxyl groups is 1. The summed E-state index contributed by atoms with van der Waals surface area (Å²) in [6.45, 7) is 2.96. The molecule has 4 rings (SSSR count). The van der Waals surface area contributed by atoms with E-state index in [-0.39, 0.29) is 5.75 Å². The lowest BCUT2D eigenvalue weighted by Gasteiger charge is -2.25. The molecule has 4 nitrogen and oxygen atoms in total. The number of phenols is 1. The molecule has 96 valence electrons. The molecule has 0 saturated carbocycles. The molecular formula is C15H15N3O. The highest BCUT2D eigenvalue weighted by molar-refractivity contribution is 5.77. The number of allylic oxidation sites excluding steroid dienone is 3. The summed E-state index contributed by atoms with van der Waals surface area (Å²) in [6.07, 6.45) is 7.34. The van der Waals surface area contributed by atoms with Gasteiger partial charge in [0.15, 0.2) is 0 Å². The van der Waals surface area contributed by atoms with Crippen molar-refractivity contribution in [3.8, 4) is 5.75 Å². The van der Waals surface area contributed by atoms with E-state index in [1.807, 2.05) is 6.07 Å². The second kappa shape index (κ2) is 3.88. The van der Waals surface area contributed by atoms with E-state index >= 15 is 0 Å². The van der Waals surface area contributed by atoms with Crippen LogP contribution in [0.15, 0.2) is 42.1 Å². The van der Waals surface area contributed by atoms with E-state index in [1.165, 1.54) is 5.70 Å². The van der Waals surface area contributed by atoms with Crippen LogP contribution in [0.2, 0.25) is 0 Å². The highest BCUT2D eigenvalue weighted by Crippen LogP contribution is 2.24. The Morgan fingerprint density at radius 2 is 2.05 bits per heavy atom. The van der Waals surface area contributed by atoms with Crippen LogP contribution >= 0.6 is 0 Å². The minimum atomic E-state index is 0.284. The van der Waals surface area contributed by atoms with Gasteiger partial charge in [0.1, 0.15) is 11.6 Å². The fourth-order valence-corrected chi connectivity index (χ4v) is 2.83. The van der Waals surface area contributed by atoms with Crippen LogP contribution in [0.1, 0.15) is 5.82 Å². The largest absolute Gasteiger partial charge is 0.508 e. The Balaban J connectivity index is 1.70. The van der Waals surface area contributed by atoms with Gasteiger partial charge in [-0.05, 0) is 24.3 Å². The molecule has 19 heavy (non-hydrogen) atoms. The molecule has 0 amide bonds. The lowest BCUT2D eigenvalue weighted by molar-refractivity contribution is 0.359. The van der Waals surface area contributed by atoms with Crippen molar-refractivity contribution in [3.63, 3.8) is 0 Å². The maximum Gasteiger partial charge on any atom is 0.117 e. The maximum absolute atomic E-state index is 9.53. The number of phenolic OH excluding ortho intramolecular Hbond substituents is 1. The molecule has 0 radical (unpaired) electrons. The van der Waals surface area contributed by atoms with Gasteiger partial charge in [0.05, 0.1) is 11.0 Å². The van der Waals surface area contributed by atoms with Crippen molar-refractivity contribution in [1.29, 1.82) is 0 Å². The first-order valence-electron chi connectivity index (χ1n) is 6.63. The fourth-order valence-electron chi connectivity index (χ4n) is 2.83. The minimum Gasteiger partial charge on any atom is -0.508 e. The van der Waals surface area contributed by atoms with Gasteiger partial charge in [0, 0.05) is 37.8 Å². The first-order valence-corrected chi connectivity index (χ1v) is 6.63. The van der Waals surface area contributed by atoms with Crippen LogP contribution in [-0.4, -0.2) is 32.6 Å². The first kappa shape index (κ1) is 10.7. The number of rotatable bonds is 1. The standard InChI is InChI=1S/C15H15N3O/c19-12-4-5-14-13(10-12)16-15-6-7-17(8-9-18(14)15)11-2-1-3-11/h1-5,10,19H,6-9H2. The number of nitrogens with zero attached hydrogens (tertiary/aromatic N) is 3. The molecule has 0 bridgehead atoms. The van der Waals surface area contributed by atoms with Gasteiger partial charge in [0.25, 0.3) is 0 Å². The van der Waals surface area contributed by atoms with Gasteiger partial charge < -0.3 is 14.6 Å². The molecule has 0 fully saturated rings. The number of hydrogen-bond acceptors (Lipinski definition) is 3. The molecule has 0 unspecified atom stereocenters. The zero-order valence-electron chi connectivity index (χ0n) is 10.6. The molecule has 0 spiro atoms. The minimum absolute atomic E-state index is 0.284. The van der Waals surface area contributed by atoms with Crippen LogP contribution in [-0.2, 0) is 13.0 Å². The molecule has 1 aromatic carbocycles. The Kier molecular flexibility index (Phi) is 2.18. The highest BCUT2D eigenvalue weighted by atomic mass is 16.3. The van der Waals surface area contributed by atoms with E-state index in [4.69, 9.17) is 0 Å². The third-order valence-electron chi connectivity index (χ3n) is 3.91. The molecule has 0 atom stereocenters. The second-order valence-corrected chi connectivity index (χ2v) is 5.04. The molecule has 2 aliphatic rings. The zero-order chi connectivity index (χ0) is 12.8. The van der Waals surface area contributed by atoms with Crippen LogP contribution in [0.4, 0.5) is 0 Å². The Bertz CT molecular complexity index is 711. The van der Waals surface area contributed by atoms with Crippen LogP contribution in [0.3, 0.4) is 0 Å². The van der Waals surface area contributed by atoms with E-state index < -0.39 is 0 Å². The van der Waals surface area contributed by atoms with Crippen molar-refractivity contribution < 1.29 is 5.11 Å². The van der Waals surface area contributed by atoms with Gasteiger partial charge in [-0.25, -0.2) is 4.98 Å². The smallest absolute Gasteiger partial charge is 0.117 e. The van der Waals surface area contributed by atoms with Crippen molar-refractivity contribution >= 4 is 11.0 Å². The summed E-state index contributed by atoms with van der Waals surface area (Å²) < 4.78 is 2.28. The maximum atomic E-state index is 9.53. The van der Waals surface area contributed by atoms with Crippen molar-refractivity contribution in [2.45, 2.75) is 13.0 Å². The summed E-state index contributed by atoms with van der Waals surface area (Å²) >= 11 is 0. The van der Waals surface area contributed by atoms with Crippen molar-refractivity contribution in [1.82, 2.24) is 14.5 Å². The summed E-state index contributed by atoms with van der Waals surface area (Å²) in [4.78, 5) is 7.05. The molecule has 1 aliphatic carbocycles. The van der Waals surface area contributed by atoms with Gasteiger partial charge in [-0.2, -0.15) is 0 Å². The SMILES string of the molecule is Oc1ccc2c(c1)nc1n2CCN(C2=CC=C2)CC1. The van der Waals surface area contributed by atoms with Gasteiger partial charge >= 0.3 is 0 Å². The van der Waals surface area contributed by atoms with Crippen molar-refractivity contribution in [2.75, 3.05) is 13.1 Å². The molecule has 4 heteroatoms. The van der Waals surface area contributed by atoms with Crippen LogP contribution < -0.4 is 0 Å². The van der Waals surface area contributed by atoms with Crippen LogP contribution in [0.25, 0.3) is 11.0 Å². The van der Waals surface area contributed by atoms with Gasteiger partial charge in [-0.3, -0.25) is 0 Å². The molecule has 1 aromatic heterocycles. The molecule has 2 heterocycles. The molecule has 2 aromatic rings. The summed E-state index contributed by atoms with van der Waals surface area (Å²) in [5.74, 6) is 1.40. The monoisotopic (exact) mass is 253 g/mol. The average molecular weight is 253 g/mol. The van der Waals surface area contributed by atoms with E-state index in [0.717, 1.165) is 42.9 Å². The predicted molar refractivity (Wildman–Crippen MR) is 73.9 cm³/mol. The van der Waals surface area contributed by atoms with Crippen molar-refractivity contribution in [2.24, 2.45) is 0 Å².